The van der Waals surface area contributed by atoms with Gasteiger partial charge >= 0.3 is 0 Å². The fourth-order valence-electron chi connectivity index (χ4n) is 5.03. The minimum Gasteiger partial charge on any atom is -0.486 e. The van der Waals surface area contributed by atoms with Gasteiger partial charge < -0.3 is 14.6 Å². The minimum absolute atomic E-state index is 0.406. The number of ether oxygens (including phenoxy) is 1. The molecule has 1 aliphatic rings. The molecule has 6 heteroatoms. The van der Waals surface area contributed by atoms with Crippen LogP contribution in [0.3, 0.4) is 0 Å². The number of nitrogens with one attached hydrogen (secondary N) is 1. The molecular formula is C30H28N4OS. The predicted molar refractivity (Wildman–Crippen MR) is 149 cm³/mol. The van der Waals surface area contributed by atoms with Crippen LogP contribution < -0.4 is 10.1 Å². The van der Waals surface area contributed by atoms with Gasteiger partial charge in [-0.3, -0.25) is 0 Å². The molecule has 5 nitrogen and oxygen atoms in total. The van der Waals surface area contributed by atoms with E-state index in [-0.39, 0.29) is 0 Å². The second kappa shape index (κ2) is 9.63. The Morgan fingerprint density at radius 2 is 1.67 bits per heavy atom. The Balaban J connectivity index is 1.51. The van der Waals surface area contributed by atoms with E-state index < -0.39 is 0 Å². The highest BCUT2D eigenvalue weighted by Gasteiger charge is 2.29. The molecule has 2 aromatic heterocycles. The van der Waals surface area contributed by atoms with Crippen molar-refractivity contribution in [1.29, 1.82) is 0 Å². The average Bonchev–Trinajstić information content (AvgIpc) is 3.31. The van der Waals surface area contributed by atoms with Crippen LogP contribution in [0.2, 0.25) is 0 Å². The molecule has 0 amide bonds. The van der Waals surface area contributed by atoms with Crippen LogP contribution >= 0.6 is 12.2 Å². The molecule has 0 spiro atoms. The molecule has 0 aliphatic carbocycles. The molecule has 0 saturated carbocycles. The van der Waals surface area contributed by atoms with Crippen molar-refractivity contribution in [3.05, 3.63) is 108 Å². The lowest BCUT2D eigenvalue weighted by Gasteiger charge is -2.12. The quantitative estimate of drug-likeness (QED) is 0.264. The SMILES string of the molecule is Cc1ccc(-c2c3c4n(c(COc5ccccc5)nn4c2C(=S)Nc2ccccc2)CCCC3)cc1. The van der Waals surface area contributed by atoms with Crippen molar-refractivity contribution in [3.8, 4) is 16.9 Å². The fraction of sp³-hybridized carbons (Fsp3) is 0.200. The van der Waals surface area contributed by atoms with Gasteiger partial charge in [0.05, 0.1) is 0 Å². The van der Waals surface area contributed by atoms with E-state index in [0.717, 1.165) is 54.4 Å². The maximum atomic E-state index is 6.12. The number of rotatable bonds is 6. The zero-order valence-electron chi connectivity index (χ0n) is 20.3. The molecule has 0 unspecified atom stereocenters. The zero-order chi connectivity index (χ0) is 24.5. The maximum absolute atomic E-state index is 6.12. The minimum atomic E-state index is 0.406. The summed E-state index contributed by atoms with van der Waals surface area (Å²) < 4.78 is 10.5. The highest BCUT2D eigenvalue weighted by atomic mass is 32.1. The third-order valence-electron chi connectivity index (χ3n) is 6.76. The topological polar surface area (TPSA) is 43.5 Å². The van der Waals surface area contributed by atoms with Gasteiger partial charge in [-0.25, -0.2) is 4.52 Å². The van der Waals surface area contributed by atoms with Crippen LogP contribution in [-0.4, -0.2) is 19.2 Å². The molecule has 5 aromatic rings. The smallest absolute Gasteiger partial charge is 0.169 e. The molecular weight excluding hydrogens is 464 g/mol. The van der Waals surface area contributed by atoms with E-state index in [4.69, 9.17) is 22.1 Å². The lowest BCUT2D eigenvalue weighted by Crippen LogP contribution is -2.15. The third-order valence-corrected chi connectivity index (χ3v) is 7.06. The number of hydrogen-bond donors (Lipinski definition) is 1. The van der Waals surface area contributed by atoms with Crippen molar-refractivity contribution in [3.63, 3.8) is 0 Å². The molecule has 6 rings (SSSR count). The summed E-state index contributed by atoms with van der Waals surface area (Å²) in [4.78, 5) is 0.666. The zero-order valence-corrected chi connectivity index (χ0v) is 21.1. The number of benzene rings is 3. The van der Waals surface area contributed by atoms with Crippen LogP contribution in [0.25, 0.3) is 16.8 Å². The van der Waals surface area contributed by atoms with E-state index >= 15 is 0 Å². The Labute approximate surface area is 216 Å². The Bertz CT molecular complexity index is 1520. The van der Waals surface area contributed by atoms with Crippen molar-refractivity contribution < 1.29 is 4.74 Å². The Morgan fingerprint density at radius 3 is 2.42 bits per heavy atom. The lowest BCUT2D eigenvalue weighted by molar-refractivity contribution is 0.288. The van der Waals surface area contributed by atoms with Gasteiger partial charge in [-0.15, -0.1) is 5.10 Å². The van der Waals surface area contributed by atoms with E-state index in [1.165, 1.54) is 22.3 Å². The molecule has 0 atom stereocenters. The Kier molecular flexibility index (Phi) is 6.03. The highest BCUT2D eigenvalue weighted by Crippen LogP contribution is 2.37. The fourth-order valence-corrected chi connectivity index (χ4v) is 5.33. The highest BCUT2D eigenvalue weighted by molar-refractivity contribution is 7.81. The van der Waals surface area contributed by atoms with Crippen LogP contribution in [0.15, 0.2) is 84.9 Å². The monoisotopic (exact) mass is 492 g/mol. The van der Waals surface area contributed by atoms with Crippen molar-refractivity contribution in [2.75, 3.05) is 5.32 Å². The van der Waals surface area contributed by atoms with Gasteiger partial charge in [0.1, 0.15) is 28.7 Å². The second-order valence-electron chi connectivity index (χ2n) is 9.25. The number of aryl methyl sites for hydroxylation is 3. The number of anilines is 1. The molecule has 1 aliphatic heterocycles. The van der Waals surface area contributed by atoms with E-state index in [1.807, 2.05) is 60.7 Å². The first-order chi connectivity index (χ1) is 17.7. The summed E-state index contributed by atoms with van der Waals surface area (Å²) in [5.74, 6) is 1.75. The Hall–Kier alpha value is -3.90. The van der Waals surface area contributed by atoms with Gasteiger partial charge in [0, 0.05) is 23.4 Å². The summed E-state index contributed by atoms with van der Waals surface area (Å²) in [5.41, 5.74) is 7.92. The van der Waals surface area contributed by atoms with Gasteiger partial charge in [0.15, 0.2) is 5.82 Å². The second-order valence-corrected chi connectivity index (χ2v) is 9.66. The van der Waals surface area contributed by atoms with Gasteiger partial charge in [-0.05, 0) is 56.0 Å². The van der Waals surface area contributed by atoms with E-state index in [0.29, 0.717) is 11.6 Å². The predicted octanol–water partition coefficient (Wildman–Crippen LogP) is 6.81. The number of nitrogens with zero attached hydrogens (tertiary/aromatic N) is 3. The van der Waals surface area contributed by atoms with Gasteiger partial charge in [-0.2, -0.15) is 0 Å². The summed E-state index contributed by atoms with van der Waals surface area (Å²) in [5, 5.41) is 8.56. The number of hydrogen-bond acceptors (Lipinski definition) is 3. The van der Waals surface area contributed by atoms with E-state index in [1.54, 1.807) is 0 Å². The van der Waals surface area contributed by atoms with Crippen LogP contribution in [0.4, 0.5) is 5.69 Å². The molecule has 3 aromatic carbocycles. The third kappa shape index (κ3) is 4.18. The van der Waals surface area contributed by atoms with Crippen molar-refractivity contribution in [2.24, 2.45) is 0 Å². The van der Waals surface area contributed by atoms with Crippen molar-refractivity contribution in [2.45, 2.75) is 39.3 Å². The number of para-hydroxylation sites is 2. The lowest BCUT2D eigenvalue weighted by atomic mass is 9.97. The molecule has 1 N–H and O–H groups in total. The van der Waals surface area contributed by atoms with Crippen molar-refractivity contribution >= 4 is 28.5 Å². The normalized spacial score (nSPS) is 12.9. The molecule has 3 heterocycles. The number of aromatic nitrogens is 3. The average molecular weight is 493 g/mol. The van der Waals surface area contributed by atoms with Crippen LogP contribution in [0.1, 0.15) is 35.5 Å². The standard InChI is InChI=1S/C30H28N4OS/c1-21-15-17-22(18-16-21)27-25-14-8-9-19-33-26(20-35-24-12-6-3-7-13-24)32-34(30(25)33)28(27)29(36)31-23-10-4-2-5-11-23/h2-7,10-13,15-18H,8-9,14,19-20H2,1H3,(H,31,36). The number of thiocarbonyl (C=S) groups is 1. The first-order valence-electron chi connectivity index (χ1n) is 12.4. The Morgan fingerprint density at radius 1 is 0.944 bits per heavy atom. The van der Waals surface area contributed by atoms with Gasteiger partial charge in [0.2, 0.25) is 0 Å². The van der Waals surface area contributed by atoms with Crippen LogP contribution in [0, 0.1) is 6.92 Å². The maximum Gasteiger partial charge on any atom is 0.169 e. The largest absolute Gasteiger partial charge is 0.486 e. The van der Waals surface area contributed by atoms with Gasteiger partial charge in [0.25, 0.3) is 0 Å². The van der Waals surface area contributed by atoms with Gasteiger partial charge in [-0.1, -0.05) is 78.4 Å². The van der Waals surface area contributed by atoms with Crippen LogP contribution in [-0.2, 0) is 19.6 Å². The summed E-state index contributed by atoms with van der Waals surface area (Å²) in [6.07, 6.45) is 3.22. The summed E-state index contributed by atoms with van der Waals surface area (Å²) in [6.45, 7) is 3.44. The first-order valence-corrected chi connectivity index (χ1v) is 12.8. The molecule has 0 fully saturated rings. The first kappa shape index (κ1) is 22.6. The molecule has 0 radical (unpaired) electrons. The summed E-state index contributed by atoms with van der Waals surface area (Å²) in [7, 11) is 0. The summed E-state index contributed by atoms with van der Waals surface area (Å²) >= 11 is 6.04. The molecule has 36 heavy (non-hydrogen) atoms. The van der Waals surface area contributed by atoms with Crippen molar-refractivity contribution in [1.82, 2.24) is 14.2 Å². The molecule has 0 saturated heterocycles. The van der Waals surface area contributed by atoms with E-state index in [2.05, 4.69) is 45.6 Å². The molecule has 0 bridgehead atoms. The summed E-state index contributed by atoms with van der Waals surface area (Å²) in [6, 6.07) is 28.7. The molecule has 180 valence electrons. The van der Waals surface area contributed by atoms with Crippen LogP contribution in [0.5, 0.6) is 5.75 Å². The van der Waals surface area contributed by atoms with E-state index in [9.17, 15) is 0 Å².